The van der Waals surface area contributed by atoms with Gasteiger partial charge in [-0.1, -0.05) is 144 Å². The van der Waals surface area contributed by atoms with Crippen molar-refractivity contribution < 1.29 is 19.1 Å². The molecule has 1 heterocycles. The van der Waals surface area contributed by atoms with Crippen LogP contribution in [0.15, 0.2) is 47.5 Å². The molecular formula is C60H102N2Ni. The van der Waals surface area contributed by atoms with Crippen LogP contribution in [0.2, 0.25) is 10.8 Å². The fraction of sp³-hybridized carbons (Fsp3) is 0.733. The second-order valence-corrected chi connectivity index (χ2v) is 20.6. The molecule has 2 nitrogen and oxygen atoms in total. The second kappa shape index (κ2) is 38.2. The Morgan fingerprint density at radius 1 is 0.317 bits per heavy atom. The van der Waals surface area contributed by atoms with Crippen molar-refractivity contribution in [3.63, 3.8) is 0 Å². The molecule has 0 saturated heterocycles. The fourth-order valence-corrected chi connectivity index (χ4v) is 10.3. The van der Waals surface area contributed by atoms with Gasteiger partial charge in [0, 0.05) is 22.3 Å². The van der Waals surface area contributed by atoms with E-state index in [4.69, 9.17) is 0 Å². The number of hydrogen-bond acceptors (Lipinski definition) is 0. The standard InChI is InChI=1S/C48H76N2.2C6H13.Ni/c1-7-13-19-21-23-25-29-41-34-42(30-26-24-22-20-14-8-2)38-44(37-41)48-46(32-18-12-6)45(31-17-11-5)47(50(48)49)43-35-39(27-15-9-3)33-40(36-43)28-16-10-4;2*1-3-5-6-4-2;/h33-38H,7-32H2,1-6H3;2*1,3-6H2,2H3;. The van der Waals surface area contributed by atoms with Gasteiger partial charge in [0.05, 0.1) is 0 Å². The molecule has 2 aromatic rings. The molecule has 362 valence electrons. The van der Waals surface area contributed by atoms with Crippen molar-refractivity contribution in [2.75, 3.05) is 0 Å². The van der Waals surface area contributed by atoms with Gasteiger partial charge in [0.15, 0.2) is 0 Å². The van der Waals surface area contributed by atoms with E-state index in [0.29, 0.717) is 0 Å². The molecule has 0 radical (unpaired) electrons. The molecule has 1 aliphatic heterocycles. The first-order valence-electron chi connectivity index (χ1n) is 27.6. The molecule has 3 heteroatoms. The van der Waals surface area contributed by atoms with Gasteiger partial charge in [-0.25, -0.2) is 4.70 Å². The Hall–Kier alpha value is -1.99. The molecule has 0 amide bonds. The summed E-state index contributed by atoms with van der Waals surface area (Å²) >= 11 is 1.99. The summed E-state index contributed by atoms with van der Waals surface area (Å²) < 4.78 is 1.66. The van der Waals surface area contributed by atoms with Gasteiger partial charge in [-0.2, -0.15) is 0 Å². The topological polar surface area (TPSA) is 25.3 Å². The van der Waals surface area contributed by atoms with Gasteiger partial charge in [-0.3, -0.25) is 0 Å². The minimum absolute atomic E-state index is 1.02. The van der Waals surface area contributed by atoms with Crippen molar-refractivity contribution in [3.05, 3.63) is 86.5 Å². The molecule has 0 atom stereocenters. The summed E-state index contributed by atoms with van der Waals surface area (Å²) in [5.74, 6) is 0. The van der Waals surface area contributed by atoms with Crippen LogP contribution >= 0.6 is 0 Å². The van der Waals surface area contributed by atoms with Gasteiger partial charge >= 0.3 is 90.4 Å². The summed E-state index contributed by atoms with van der Waals surface area (Å²) in [6.07, 6.45) is 43.2. The Morgan fingerprint density at radius 2 is 0.587 bits per heavy atom. The number of nitrogens with zero attached hydrogens (tertiary/aromatic N) is 2. The number of aryl methyl sites for hydroxylation is 4. The number of hydrogen-bond donors (Lipinski definition) is 0. The van der Waals surface area contributed by atoms with Crippen molar-refractivity contribution in [2.45, 2.75) is 284 Å². The zero-order valence-corrected chi connectivity index (χ0v) is 44.1. The summed E-state index contributed by atoms with van der Waals surface area (Å²) in [4.78, 5) is 0. The van der Waals surface area contributed by atoms with E-state index in [1.54, 1.807) is 4.70 Å². The summed E-state index contributed by atoms with van der Waals surface area (Å²) in [6.45, 7) is 18.3. The molecule has 0 spiro atoms. The van der Waals surface area contributed by atoms with Crippen LogP contribution in [-0.2, 0) is 40.1 Å². The number of benzene rings is 2. The van der Waals surface area contributed by atoms with Crippen LogP contribution in [-0.4, -0.2) is 4.70 Å². The van der Waals surface area contributed by atoms with Crippen molar-refractivity contribution >= 4 is 11.4 Å². The van der Waals surface area contributed by atoms with Gasteiger partial charge in [-0.05, 0) is 124 Å². The Kier molecular flexibility index (Phi) is 34.6. The van der Waals surface area contributed by atoms with Gasteiger partial charge in [0.25, 0.3) is 0 Å². The molecule has 0 aliphatic carbocycles. The molecule has 0 bridgehead atoms. The first-order valence-corrected chi connectivity index (χ1v) is 29.0. The minimum atomic E-state index is 1.02. The molecule has 0 unspecified atom stereocenters. The van der Waals surface area contributed by atoms with E-state index in [-0.39, 0.29) is 0 Å². The third kappa shape index (κ3) is 23.9. The van der Waals surface area contributed by atoms with E-state index in [1.165, 1.54) is 209 Å². The van der Waals surface area contributed by atoms with E-state index in [2.05, 4.69) is 91.8 Å². The normalized spacial score (nSPS) is 12.9. The average molecular weight is 910 g/mol. The predicted molar refractivity (Wildman–Crippen MR) is 279 cm³/mol. The van der Waals surface area contributed by atoms with Crippen molar-refractivity contribution in [1.29, 1.82) is 0 Å². The van der Waals surface area contributed by atoms with Crippen LogP contribution in [0.25, 0.3) is 16.9 Å². The molecule has 0 aromatic heterocycles. The summed E-state index contributed by atoms with van der Waals surface area (Å²) in [5, 5.41) is 2.83. The number of rotatable bonds is 38. The first kappa shape index (κ1) is 57.1. The van der Waals surface area contributed by atoms with Crippen molar-refractivity contribution in [3.8, 4) is 0 Å². The fourth-order valence-electron chi connectivity index (χ4n) is 9.10. The molecule has 0 fully saturated rings. The SMILES string of the molecule is CCCCCCCCc1cc(CCCCCCCC)cc(C2=C(CCCC)C(CCCC)=C(c3cc(CCCC)cc(CCCC)c3)[N+]2=[N-])c1.CCCCC[CH2][Ni][CH2]CCCCC. The van der Waals surface area contributed by atoms with Gasteiger partial charge in [0.1, 0.15) is 0 Å². The van der Waals surface area contributed by atoms with Crippen LogP contribution in [0.1, 0.15) is 281 Å². The first-order chi connectivity index (χ1) is 30.9. The molecule has 3 rings (SSSR count). The van der Waals surface area contributed by atoms with Gasteiger partial charge in [0.2, 0.25) is 11.4 Å². The third-order valence-corrected chi connectivity index (χ3v) is 14.4. The van der Waals surface area contributed by atoms with Crippen molar-refractivity contribution in [1.82, 2.24) is 0 Å². The Labute approximate surface area is 399 Å². The molecule has 63 heavy (non-hydrogen) atoms. The summed E-state index contributed by atoms with van der Waals surface area (Å²) in [5.41, 5.74) is 25.7. The van der Waals surface area contributed by atoms with Crippen LogP contribution < -0.4 is 0 Å². The molecule has 1 aliphatic rings. The molecule has 0 saturated carbocycles. The summed E-state index contributed by atoms with van der Waals surface area (Å²) in [7, 11) is 0. The maximum atomic E-state index is 12.5. The van der Waals surface area contributed by atoms with Gasteiger partial charge < -0.3 is 5.53 Å². The quantitative estimate of drug-likeness (QED) is 0.0364. The van der Waals surface area contributed by atoms with Crippen LogP contribution in [0.3, 0.4) is 0 Å². The predicted octanol–water partition coefficient (Wildman–Crippen LogP) is 20.8. The summed E-state index contributed by atoms with van der Waals surface area (Å²) in [6, 6.07) is 14.7. The van der Waals surface area contributed by atoms with E-state index in [9.17, 15) is 5.53 Å². The molecule has 0 N–H and O–H groups in total. The van der Waals surface area contributed by atoms with Crippen molar-refractivity contribution in [2.24, 2.45) is 0 Å². The maximum absolute atomic E-state index is 12.5. The Morgan fingerprint density at radius 3 is 0.921 bits per heavy atom. The van der Waals surface area contributed by atoms with E-state index in [1.807, 2.05) is 14.4 Å². The zero-order valence-electron chi connectivity index (χ0n) is 43.1. The Balaban J connectivity index is 0.000000905. The zero-order chi connectivity index (χ0) is 45.8. The monoisotopic (exact) mass is 909 g/mol. The molecular weight excluding hydrogens is 807 g/mol. The van der Waals surface area contributed by atoms with E-state index < -0.39 is 0 Å². The number of allylic oxidation sites excluding steroid dienone is 2. The van der Waals surface area contributed by atoms with Gasteiger partial charge in [-0.15, -0.1) is 0 Å². The van der Waals surface area contributed by atoms with Crippen LogP contribution in [0.5, 0.6) is 0 Å². The van der Waals surface area contributed by atoms with E-state index >= 15 is 0 Å². The average Bonchev–Trinajstić information content (AvgIpc) is 3.57. The number of unbranched alkanes of at least 4 members (excludes halogenated alkanes) is 20. The van der Waals surface area contributed by atoms with E-state index in [0.717, 1.165) is 75.6 Å². The molecule has 2 aromatic carbocycles. The second-order valence-electron chi connectivity index (χ2n) is 19.1. The van der Waals surface area contributed by atoms with Crippen LogP contribution in [0.4, 0.5) is 0 Å². The van der Waals surface area contributed by atoms with Crippen LogP contribution in [0, 0.1) is 0 Å². The third-order valence-electron chi connectivity index (χ3n) is 13.0. The Bertz CT molecular complexity index is 1460.